The first-order valence-electron chi connectivity index (χ1n) is 7.81. The van der Waals surface area contributed by atoms with Gasteiger partial charge in [-0.3, -0.25) is 19.8 Å². The van der Waals surface area contributed by atoms with E-state index in [9.17, 15) is 14.4 Å². The van der Waals surface area contributed by atoms with Gasteiger partial charge in [0.05, 0.1) is 11.3 Å². The third-order valence-electron chi connectivity index (χ3n) is 4.04. The fourth-order valence-corrected chi connectivity index (χ4v) is 3.01. The largest absolute Gasteiger partial charge is 0.350 e. The van der Waals surface area contributed by atoms with Gasteiger partial charge in [-0.05, 0) is 36.4 Å². The number of amides is 3. The maximum Gasteiger partial charge on any atom is 0.286 e. The molecule has 0 spiro atoms. The molecule has 1 aromatic heterocycles. The summed E-state index contributed by atoms with van der Waals surface area (Å²) in [6, 6.07) is 13.5. The van der Waals surface area contributed by atoms with Gasteiger partial charge in [-0.25, -0.2) is 5.01 Å². The first-order valence-corrected chi connectivity index (χ1v) is 8.19. The fraction of sp³-hybridized carbons (Fsp3) is 0.0556. The number of carbonyl (C=O) groups excluding carboxylic acids is 3. The summed E-state index contributed by atoms with van der Waals surface area (Å²) >= 11 is 5.95. The van der Waals surface area contributed by atoms with Crippen LogP contribution in [0.2, 0.25) is 5.02 Å². The Kier molecular flexibility index (Phi) is 3.85. The lowest BCUT2D eigenvalue weighted by Gasteiger charge is -2.20. The van der Waals surface area contributed by atoms with Gasteiger partial charge >= 0.3 is 0 Å². The van der Waals surface area contributed by atoms with Crippen LogP contribution in [0.25, 0.3) is 10.9 Å². The monoisotopic (exact) mass is 368 g/mol. The summed E-state index contributed by atoms with van der Waals surface area (Å²) in [5.74, 6) is -1.39. The van der Waals surface area contributed by atoms with Gasteiger partial charge in [0.2, 0.25) is 5.91 Å². The number of fused-ring (bicyclic) bond motifs is 2. The van der Waals surface area contributed by atoms with E-state index in [1.165, 1.54) is 0 Å². The molecule has 0 saturated heterocycles. The zero-order valence-corrected chi connectivity index (χ0v) is 14.1. The molecule has 0 bridgehead atoms. The van der Waals surface area contributed by atoms with Gasteiger partial charge in [-0.15, -0.1) is 0 Å². The maximum absolute atomic E-state index is 12.7. The second-order valence-corrected chi connectivity index (χ2v) is 6.28. The summed E-state index contributed by atoms with van der Waals surface area (Å²) in [6.45, 7) is -0.286. The van der Waals surface area contributed by atoms with Crippen molar-refractivity contribution in [3.63, 3.8) is 0 Å². The highest BCUT2D eigenvalue weighted by atomic mass is 35.5. The van der Waals surface area contributed by atoms with E-state index >= 15 is 0 Å². The van der Waals surface area contributed by atoms with Crippen molar-refractivity contribution in [2.75, 3.05) is 11.9 Å². The molecule has 3 N–H and O–H groups in total. The summed E-state index contributed by atoms with van der Waals surface area (Å²) in [5, 5.41) is 4.98. The summed E-state index contributed by atoms with van der Waals surface area (Å²) in [6.07, 6.45) is 0. The first-order chi connectivity index (χ1) is 12.5. The van der Waals surface area contributed by atoms with Crippen molar-refractivity contribution in [1.82, 2.24) is 15.4 Å². The lowest BCUT2D eigenvalue weighted by atomic mass is 10.1. The van der Waals surface area contributed by atoms with Crippen LogP contribution in [0, 0.1) is 0 Å². The molecule has 3 amide bonds. The van der Waals surface area contributed by atoms with Crippen molar-refractivity contribution < 1.29 is 14.4 Å². The van der Waals surface area contributed by atoms with Crippen LogP contribution in [0.1, 0.15) is 20.8 Å². The standard InChI is InChI=1S/C18H13ClN4O3/c19-11-5-6-13-10(7-11)8-15(20-13)17(25)22-23-9-16(24)21-14-4-2-1-3-12(14)18(23)26/h1-8,20H,9H2,(H,21,24)(H,22,25). The number of hydrazine groups is 1. The van der Waals surface area contributed by atoms with Gasteiger partial charge in [0.25, 0.3) is 11.8 Å². The third-order valence-corrected chi connectivity index (χ3v) is 4.28. The van der Waals surface area contributed by atoms with E-state index in [-0.39, 0.29) is 12.2 Å². The predicted molar refractivity (Wildman–Crippen MR) is 96.9 cm³/mol. The summed E-state index contributed by atoms with van der Waals surface area (Å²) < 4.78 is 0. The zero-order chi connectivity index (χ0) is 18.3. The Balaban J connectivity index is 1.61. The molecule has 8 heteroatoms. The molecule has 4 rings (SSSR count). The Labute approximate surface area is 152 Å². The Bertz CT molecular complexity index is 1060. The van der Waals surface area contributed by atoms with Crippen LogP contribution in [0.5, 0.6) is 0 Å². The van der Waals surface area contributed by atoms with Crippen LogP contribution in [0.15, 0.2) is 48.5 Å². The van der Waals surface area contributed by atoms with E-state index in [2.05, 4.69) is 15.7 Å². The summed E-state index contributed by atoms with van der Waals surface area (Å²) in [4.78, 5) is 40.2. The number of carbonyl (C=O) groups is 3. The number of aromatic nitrogens is 1. The van der Waals surface area contributed by atoms with Crippen molar-refractivity contribution in [2.45, 2.75) is 0 Å². The van der Waals surface area contributed by atoms with Crippen LogP contribution >= 0.6 is 11.6 Å². The number of para-hydroxylation sites is 1. The van der Waals surface area contributed by atoms with Gasteiger partial charge in [0.1, 0.15) is 12.2 Å². The SMILES string of the molecule is O=C1CN(NC(=O)c2cc3cc(Cl)ccc3[nH]2)C(=O)c2ccccc2N1. The maximum atomic E-state index is 12.7. The van der Waals surface area contributed by atoms with Gasteiger partial charge < -0.3 is 10.3 Å². The molecule has 2 heterocycles. The Morgan fingerprint density at radius 2 is 1.92 bits per heavy atom. The normalized spacial score (nSPS) is 14.0. The average molecular weight is 369 g/mol. The number of benzene rings is 2. The van der Waals surface area contributed by atoms with E-state index in [1.54, 1.807) is 48.5 Å². The number of halogens is 1. The lowest BCUT2D eigenvalue weighted by Crippen LogP contribution is -2.48. The molecule has 0 saturated carbocycles. The molecule has 26 heavy (non-hydrogen) atoms. The summed E-state index contributed by atoms with van der Waals surface area (Å²) in [5.41, 5.74) is 4.21. The topological polar surface area (TPSA) is 94.3 Å². The number of nitrogens with zero attached hydrogens (tertiary/aromatic N) is 1. The van der Waals surface area contributed by atoms with E-state index in [1.807, 2.05) is 0 Å². The van der Waals surface area contributed by atoms with Gasteiger partial charge in [-0.1, -0.05) is 23.7 Å². The molecule has 0 radical (unpaired) electrons. The number of rotatable bonds is 2. The number of hydrogen-bond donors (Lipinski definition) is 3. The average Bonchev–Trinajstić information content (AvgIpc) is 2.99. The van der Waals surface area contributed by atoms with Gasteiger partial charge in [0.15, 0.2) is 0 Å². The van der Waals surface area contributed by atoms with Crippen LogP contribution in [-0.2, 0) is 4.79 Å². The number of H-pyrrole nitrogens is 1. The molecule has 2 aromatic carbocycles. The quantitative estimate of drug-likeness (QED) is 0.648. The Hall–Kier alpha value is -3.32. The van der Waals surface area contributed by atoms with Crippen LogP contribution < -0.4 is 10.7 Å². The van der Waals surface area contributed by atoms with Crippen LogP contribution in [0.4, 0.5) is 5.69 Å². The van der Waals surface area contributed by atoms with Gasteiger partial charge in [0, 0.05) is 15.9 Å². The molecule has 1 aliphatic heterocycles. The molecule has 0 unspecified atom stereocenters. The number of nitrogens with one attached hydrogen (secondary N) is 3. The lowest BCUT2D eigenvalue weighted by molar-refractivity contribution is -0.117. The second-order valence-electron chi connectivity index (χ2n) is 5.84. The molecule has 130 valence electrons. The van der Waals surface area contributed by atoms with Crippen molar-refractivity contribution >= 4 is 45.9 Å². The minimum Gasteiger partial charge on any atom is -0.350 e. The highest BCUT2D eigenvalue weighted by Gasteiger charge is 2.27. The molecule has 7 nitrogen and oxygen atoms in total. The van der Waals surface area contributed by atoms with Crippen molar-refractivity contribution in [1.29, 1.82) is 0 Å². The van der Waals surface area contributed by atoms with Crippen LogP contribution in [-0.4, -0.2) is 34.3 Å². The molecule has 1 aliphatic rings. The molecular weight excluding hydrogens is 356 g/mol. The molecule has 0 fully saturated rings. The Morgan fingerprint density at radius 3 is 2.77 bits per heavy atom. The predicted octanol–water partition coefficient (Wildman–Crippen LogP) is 2.56. The van der Waals surface area contributed by atoms with Crippen molar-refractivity contribution in [3.8, 4) is 0 Å². The van der Waals surface area contributed by atoms with Crippen LogP contribution in [0.3, 0.4) is 0 Å². The third kappa shape index (κ3) is 2.89. The molecule has 0 aliphatic carbocycles. The summed E-state index contributed by atoms with van der Waals surface area (Å²) in [7, 11) is 0. The minimum atomic E-state index is -0.530. The minimum absolute atomic E-state index is 0.257. The highest BCUT2D eigenvalue weighted by Crippen LogP contribution is 2.21. The number of hydrogen-bond acceptors (Lipinski definition) is 3. The Morgan fingerprint density at radius 1 is 1.12 bits per heavy atom. The second kappa shape index (κ2) is 6.20. The smallest absolute Gasteiger partial charge is 0.286 e. The number of anilines is 1. The van der Waals surface area contributed by atoms with E-state index in [0.29, 0.717) is 16.3 Å². The molecule has 0 atom stereocenters. The highest BCUT2D eigenvalue weighted by molar-refractivity contribution is 6.31. The van der Waals surface area contributed by atoms with Crippen molar-refractivity contribution in [3.05, 3.63) is 64.8 Å². The molecule has 3 aromatic rings. The van der Waals surface area contributed by atoms with Gasteiger partial charge in [-0.2, -0.15) is 0 Å². The van der Waals surface area contributed by atoms with E-state index in [0.717, 1.165) is 15.9 Å². The number of aromatic amines is 1. The molecular formula is C18H13ClN4O3. The van der Waals surface area contributed by atoms with E-state index < -0.39 is 17.7 Å². The first kappa shape index (κ1) is 16.2. The van der Waals surface area contributed by atoms with E-state index in [4.69, 9.17) is 11.6 Å². The fourth-order valence-electron chi connectivity index (χ4n) is 2.83. The van der Waals surface area contributed by atoms with Crippen molar-refractivity contribution in [2.24, 2.45) is 0 Å². The zero-order valence-electron chi connectivity index (χ0n) is 13.4.